The third kappa shape index (κ3) is 14.4. The standard InChI is InChI=1S/C27H25F4N7O2.C26H22F6N6O3.C2H6/c1-14-8-33-23(20-21(17-5-6-17)34-13-35-26(20)39-2)37-25(14)40-12-16-7-18(28)22(32-9-16)24-36-19(27(29,30)31)11-38(24)10-15-3-4-15;1-38-10-18(26(30,31)32)36-22(38)16-5-3-14(4-6-16)11-40-23-17(41-12-25(27,28)29)9-33-21(37-23)19-20(15-7-8-15)34-13-35-24(19)39-2;1-2/h7-9,11,13,15,17H,3-6,10,12H2,1-2H3;3-6,9-10,13,15H,7-8,11-12H2,1-2H3;1-2H3. The van der Waals surface area contributed by atoms with Crippen molar-refractivity contribution in [3.8, 4) is 75.0 Å². The number of methoxy groups -OCH3 is 2. The number of hydrogen-bond donors (Lipinski definition) is 0. The number of ether oxygens (including phenoxy) is 5. The first-order chi connectivity index (χ1) is 39.6. The summed E-state index contributed by atoms with van der Waals surface area (Å²) in [7, 11) is 4.38. The van der Waals surface area contributed by atoms with Crippen molar-refractivity contribution in [1.82, 2.24) is 64.0 Å². The molecule has 3 aliphatic carbocycles. The molecule has 3 fully saturated rings. The van der Waals surface area contributed by atoms with Crippen molar-refractivity contribution in [2.75, 3.05) is 20.8 Å². The van der Waals surface area contributed by atoms with Crippen molar-refractivity contribution < 1.29 is 67.6 Å². The van der Waals surface area contributed by atoms with Gasteiger partial charge < -0.3 is 32.8 Å². The quantitative estimate of drug-likeness (QED) is 0.0735. The number of halogens is 10. The number of pyridine rings is 1. The van der Waals surface area contributed by atoms with E-state index in [1.807, 2.05) is 13.8 Å². The highest BCUT2D eigenvalue weighted by atomic mass is 19.4. The van der Waals surface area contributed by atoms with E-state index in [0.717, 1.165) is 62.8 Å². The maximum atomic E-state index is 15.2. The van der Waals surface area contributed by atoms with Crippen molar-refractivity contribution in [2.24, 2.45) is 13.0 Å². The Balaban J connectivity index is 0.000000194. The lowest BCUT2D eigenvalue weighted by molar-refractivity contribution is -0.153. The van der Waals surface area contributed by atoms with E-state index in [1.54, 1.807) is 37.4 Å². The molecule has 0 atom stereocenters. The summed E-state index contributed by atoms with van der Waals surface area (Å²) in [6, 6.07) is 7.48. The number of benzene rings is 1. The lowest BCUT2D eigenvalue weighted by Crippen LogP contribution is -2.20. The van der Waals surface area contributed by atoms with Gasteiger partial charge in [-0.2, -0.15) is 49.5 Å². The fraction of sp³-hybridized carbons (Fsp3) is 0.400. The van der Waals surface area contributed by atoms with Crippen LogP contribution < -0.4 is 23.7 Å². The highest BCUT2D eigenvalue weighted by Crippen LogP contribution is 2.47. The van der Waals surface area contributed by atoms with Crippen LogP contribution in [0.15, 0.2) is 74.0 Å². The van der Waals surface area contributed by atoms with Gasteiger partial charge in [0.1, 0.15) is 48.5 Å². The third-order valence-electron chi connectivity index (χ3n) is 12.9. The Kier molecular flexibility index (Phi) is 17.4. The number of imidazole rings is 2. The molecule has 8 aromatic rings. The van der Waals surface area contributed by atoms with Crippen LogP contribution in [-0.2, 0) is 39.2 Å². The van der Waals surface area contributed by atoms with Crippen LogP contribution in [0, 0.1) is 18.7 Å². The Bertz CT molecular complexity index is 3560. The first-order valence-electron chi connectivity index (χ1n) is 26.1. The average molecular weight is 1170 g/mol. The first kappa shape index (κ1) is 59.0. The molecule has 83 heavy (non-hydrogen) atoms. The largest absolute Gasteiger partial charge is 0.480 e. The summed E-state index contributed by atoms with van der Waals surface area (Å²) >= 11 is 0. The molecule has 18 nitrogen and oxygen atoms in total. The number of rotatable bonds is 18. The summed E-state index contributed by atoms with van der Waals surface area (Å²) in [6.07, 6.45) is 0.482. The van der Waals surface area contributed by atoms with Crippen molar-refractivity contribution >= 4 is 0 Å². The fourth-order valence-electron chi connectivity index (χ4n) is 8.46. The van der Waals surface area contributed by atoms with Crippen LogP contribution in [0.5, 0.6) is 29.3 Å². The van der Waals surface area contributed by atoms with Crippen LogP contribution in [0.2, 0.25) is 0 Å². The zero-order valence-electron chi connectivity index (χ0n) is 45.4. The average Bonchev–Trinajstić information content (AvgIpc) is 4.44. The minimum absolute atomic E-state index is 0.0796. The monoisotopic (exact) mass is 1170 g/mol. The number of alkyl halides is 9. The van der Waals surface area contributed by atoms with E-state index in [1.165, 1.54) is 55.3 Å². The molecule has 3 aliphatic rings. The minimum Gasteiger partial charge on any atom is -0.480 e. The highest BCUT2D eigenvalue weighted by Gasteiger charge is 2.38. The summed E-state index contributed by atoms with van der Waals surface area (Å²) in [5.74, 6) is 0.563. The fourth-order valence-corrected chi connectivity index (χ4v) is 8.46. The minimum atomic E-state index is -4.64. The van der Waals surface area contributed by atoms with Crippen molar-refractivity contribution in [3.63, 3.8) is 0 Å². The Labute approximate surface area is 467 Å². The number of aromatic nitrogens is 13. The van der Waals surface area contributed by atoms with Crippen LogP contribution >= 0.6 is 0 Å². The zero-order valence-corrected chi connectivity index (χ0v) is 45.4. The molecule has 0 aliphatic heterocycles. The molecule has 0 bridgehead atoms. The molecular formula is C55H53F10N13O5. The molecule has 7 aromatic heterocycles. The number of nitrogens with zero attached hydrogens (tertiary/aromatic N) is 13. The number of hydrogen-bond acceptors (Lipinski definition) is 16. The summed E-state index contributed by atoms with van der Waals surface area (Å²) in [5.41, 5.74) is 2.16. The predicted octanol–water partition coefficient (Wildman–Crippen LogP) is 12.3. The van der Waals surface area contributed by atoms with E-state index in [4.69, 9.17) is 23.7 Å². The molecular weight excluding hydrogens is 1110 g/mol. The Morgan fingerprint density at radius 1 is 0.578 bits per heavy atom. The molecule has 0 unspecified atom stereocenters. The Morgan fingerprint density at radius 3 is 1.65 bits per heavy atom. The summed E-state index contributed by atoms with van der Waals surface area (Å²) in [5, 5.41) is 0. The molecule has 1 aromatic carbocycles. The van der Waals surface area contributed by atoms with E-state index in [9.17, 15) is 39.5 Å². The molecule has 0 spiro atoms. The van der Waals surface area contributed by atoms with E-state index in [0.29, 0.717) is 63.2 Å². The topological polar surface area (TPSA) is 198 Å². The molecule has 11 rings (SSSR count). The van der Waals surface area contributed by atoms with Crippen LogP contribution in [0.3, 0.4) is 0 Å². The van der Waals surface area contributed by atoms with E-state index < -0.39 is 42.3 Å². The lowest BCUT2D eigenvalue weighted by Gasteiger charge is -2.15. The predicted molar refractivity (Wildman–Crippen MR) is 276 cm³/mol. The van der Waals surface area contributed by atoms with Gasteiger partial charge in [0.05, 0.1) is 31.8 Å². The van der Waals surface area contributed by atoms with Gasteiger partial charge in [-0.25, -0.2) is 49.2 Å². The summed E-state index contributed by atoms with van der Waals surface area (Å²) < 4.78 is 163. The molecule has 3 saturated carbocycles. The Morgan fingerprint density at radius 2 is 1.12 bits per heavy atom. The molecule has 28 heteroatoms. The summed E-state index contributed by atoms with van der Waals surface area (Å²) in [6.45, 7) is 4.30. The van der Waals surface area contributed by atoms with Crippen molar-refractivity contribution in [1.29, 1.82) is 0 Å². The second kappa shape index (κ2) is 24.5. The molecule has 0 radical (unpaired) electrons. The van der Waals surface area contributed by atoms with E-state index >= 15 is 4.39 Å². The van der Waals surface area contributed by atoms with E-state index in [2.05, 4.69) is 54.8 Å². The Hall–Kier alpha value is -8.59. The highest BCUT2D eigenvalue weighted by molar-refractivity contribution is 5.67. The molecule has 0 saturated heterocycles. The van der Waals surface area contributed by atoms with Crippen molar-refractivity contribution in [3.05, 3.63) is 119 Å². The van der Waals surface area contributed by atoms with Gasteiger partial charge in [-0.15, -0.1) is 0 Å². The van der Waals surface area contributed by atoms with Gasteiger partial charge in [-0.3, -0.25) is 0 Å². The second-order valence-corrected chi connectivity index (χ2v) is 19.3. The number of aryl methyl sites for hydroxylation is 2. The molecule has 0 N–H and O–H groups in total. The van der Waals surface area contributed by atoms with Gasteiger partial charge >= 0.3 is 18.5 Å². The van der Waals surface area contributed by atoms with Gasteiger partial charge in [-0.1, -0.05) is 38.1 Å². The molecule has 7 heterocycles. The maximum Gasteiger partial charge on any atom is 0.434 e. The van der Waals surface area contributed by atoms with Gasteiger partial charge in [0, 0.05) is 66.9 Å². The van der Waals surface area contributed by atoms with Gasteiger partial charge in [-0.05, 0) is 63.0 Å². The van der Waals surface area contributed by atoms with Gasteiger partial charge in [0.15, 0.2) is 47.0 Å². The smallest absolute Gasteiger partial charge is 0.434 e. The lowest BCUT2D eigenvalue weighted by atomic mass is 10.1. The summed E-state index contributed by atoms with van der Waals surface area (Å²) in [4.78, 5) is 46.1. The van der Waals surface area contributed by atoms with Crippen LogP contribution in [0.1, 0.15) is 104 Å². The zero-order chi connectivity index (χ0) is 59.4. The van der Waals surface area contributed by atoms with Crippen LogP contribution in [-0.4, -0.2) is 91.0 Å². The normalized spacial score (nSPS) is 14.3. The SMILES string of the molecule is CC.COc1ncnc(C2CC2)c1-c1ncc(C)c(OCc2cnc(-c3nc(C(F)(F)F)cn3CC3CC3)c(F)c2)n1.COc1ncnc(C2CC2)c1-c1ncc(OCC(F)(F)F)c(OCc2ccc(-c3nc(C(F)(F)F)cn3C)cc2)n1. The first-order valence-corrected chi connectivity index (χ1v) is 26.1. The van der Waals surface area contributed by atoms with Gasteiger partial charge in [0.2, 0.25) is 17.6 Å². The molecule has 438 valence electrons. The van der Waals surface area contributed by atoms with Gasteiger partial charge in [0.25, 0.3) is 5.88 Å². The van der Waals surface area contributed by atoms with Crippen LogP contribution in [0.4, 0.5) is 43.9 Å². The van der Waals surface area contributed by atoms with E-state index in [-0.39, 0.29) is 71.6 Å². The van der Waals surface area contributed by atoms with Crippen LogP contribution in [0.25, 0.3) is 45.7 Å². The maximum absolute atomic E-state index is 15.2. The van der Waals surface area contributed by atoms with Crippen molar-refractivity contribution in [2.45, 2.75) is 109 Å². The third-order valence-corrected chi connectivity index (χ3v) is 12.9. The molecule has 0 amide bonds. The second-order valence-electron chi connectivity index (χ2n) is 19.3.